The number of hydrogen-bond acceptors (Lipinski definition) is 12. The summed E-state index contributed by atoms with van der Waals surface area (Å²) in [6.07, 6.45) is -1.71. The first-order valence-electron chi connectivity index (χ1n) is 16.3. The molecule has 13 N–H and O–H groups in total. The highest BCUT2D eigenvalue weighted by Crippen LogP contribution is 2.23. The number of carboxylic acids is 1. The summed E-state index contributed by atoms with van der Waals surface area (Å²) >= 11 is 0. The number of nitrogens with one attached hydrogen (secondary N) is 5. The lowest BCUT2D eigenvalue weighted by molar-refractivity contribution is -0.141. The monoisotopic (exact) mass is 774 g/mol. The van der Waals surface area contributed by atoms with Gasteiger partial charge in [0.2, 0.25) is 41.4 Å². The highest BCUT2D eigenvalue weighted by molar-refractivity contribution is 8.76. The molecule has 1 unspecified atom stereocenters. The van der Waals surface area contributed by atoms with E-state index in [1.54, 1.807) is 30.3 Å². The Hall–Kier alpha value is -5.34. The van der Waals surface area contributed by atoms with E-state index in [2.05, 4.69) is 26.6 Å². The van der Waals surface area contributed by atoms with Crippen LogP contribution < -0.4 is 43.8 Å². The maximum Gasteiger partial charge on any atom is 0.327 e. The number of hydrogen-bond donors (Lipinski definition) is 10. The number of phenols is 1. The lowest BCUT2D eigenvalue weighted by Crippen LogP contribution is -2.60. The zero-order valence-corrected chi connectivity index (χ0v) is 30.0. The second kappa shape index (κ2) is 20.6. The van der Waals surface area contributed by atoms with Crippen LogP contribution in [0.5, 0.6) is 5.75 Å². The average Bonchev–Trinajstić information content (AvgIpc) is 3.10. The number of nitrogens with two attached hydrogens (primary N) is 3. The molecular formula is C33H42N8O10S2. The van der Waals surface area contributed by atoms with Crippen molar-refractivity contribution in [3.63, 3.8) is 0 Å². The van der Waals surface area contributed by atoms with E-state index in [-0.39, 0.29) is 36.5 Å². The molecule has 0 aromatic heterocycles. The predicted molar refractivity (Wildman–Crippen MR) is 194 cm³/mol. The van der Waals surface area contributed by atoms with Gasteiger partial charge in [0.15, 0.2) is 0 Å². The Labute approximate surface area is 311 Å². The molecule has 18 nitrogen and oxygen atoms in total. The lowest BCUT2D eigenvalue weighted by Gasteiger charge is -2.27. The third-order valence-corrected chi connectivity index (χ3v) is 10.2. The maximum atomic E-state index is 13.9. The molecule has 0 spiro atoms. The van der Waals surface area contributed by atoms with E-state index in [9.17, 15) is 48.6 Å². The number of rotatable bonds is 10. The fourth-order valence-electron chi connectivity index (χ4n) is 4.96. The number of aromatic hydroxyl groups is 1. The first kappa shape index (κ1) is 42.1. The molecule has 0 bridgehead atoms. The fourth-order valence-corrected chi connectivity index (χ4v) is 7.24. The number of aliphatic carboxylic acids is 1. The van der Waals surface area contributed by atoms with Gasteiger partial charge in [0.25, 0.3) is 0 Å². The summed E-state index contributed by atoms with van der Waals surface area (Å²) in [5.74, 6) is -8.16. The van der Waals surface area contributed by atoms with Gasteiger partial charge in [0, 0.05) is 30.8 Å². The van der Waals surface area contributed by atoms with Crippen LogP contribution in [0.15, 0.2) is 54.6 Å². The summed E-state index contributed by atoms with van der Waals surface area (Å²) < 4.78 is 0. The van der Waals surface area contributed by atoms with Gasteiger partial charge in [0.1, 0.15) is 36.0 Å². The van der Waals surface area contributed by atoms with Crippen LogP contribution in [-0.2, 0) is 51.2 Å². The Morgan fingerprint density at radius 2 is 1.13 bits per heavy atom. The summed E-state index contributed by atoms with van der Waals surface area (Å²) in [4.78, 5) is 103. The molecule has 0 aliphatic carbocycles. The van der Waals surface area contributed by atoms with E-state index in [4.69, 9.17) is 17.2 Å². The Morgan fingerprint density at radius 1 is 0.642 bits per heavy atom. The van der Waals surface area contributed by atoms with Gasteiger partial charge >= 0.3 is 5.97 Å². The molecule has 0 radical (unpaired) electrons. The Bertz CT molecular complexity index is 1650. The number of amides is 7. The number of primary amides is 2. The molecule has 2 aromatic carbocycles. The van der Waals surface area contributed by atoms with Crippen molar-refractivity contribution in [2.45, 2.75) is 68.4 Å². The highest BCUT2D eigenvalue weighted by Gasteiger charge is 2.34. The summed E-state index contributed by atoms with van der Waals surface area (Å²) in [6.45, 7) is 0. The van der Waals surface area contributed by atoms with E-state index in [0.29, 0.717) is 11.1 Å². The molecule has 7 amide bonds. The smallest absolute Gasteiger partial charge is 0.327 e. The summed E-state index contributed by atoms with van der Waals surface area (Å²) in [5.41, 5.74) is 17.9. The van der Waals surface area contributed by atoms with Gasteiger partial charge in [-0.2, -0.15) is 0 Å². The van der Waals surface area contributed by atoms with E-state index < -0.39 is 96.4 Å². The summed E-state index contributed by atoms with van der Waals surface area (Å²) in [7, 11) is 1.99. The molecule has 3 rings (SSSR count). The molecule has 20 heteroatoms. The number of phenolic OH excluding ortho intramolecular Hbond substituents is 1. The largest absolute Gasteiger partial charge is 0.508 e. The minimum absolute atomic E-state index is 0.0323. The third-order valence-electron chi connectivity index (χ3n) is 7.79. The second-order valence-corrected chi connectivity index (χ2v) is 14.6. The van der Waals surface area contributed by atoms with Crippen molar-refractivity contribution in [1.82, 2.24) is 26.6 Å². The van der Waals surface area contributed by atoms with Crippen LogP contribution >= 0.6 is 21.6 Å². The van der Waals surface area contributed by atoms with Gasteiger partial charge < -0.3 is 54.0 Å². The molecule has 1 heterocycles. The van der Waals surface area contributed by atoms with E-state index >= 15 is 0 Å². The lowest BCUT2D eigenvalue weighted by atomic mass is 10.0. The molecule has 1 fully saturated rings. The molecule has 1 aliphatic heterocycles. The maximum absolute atomic E-state index is 13.9. The second-order valence-electron chi connectivity index (χ2n) is 12.1. The highest BCUT2D eigenvalue weighted by atomic mass is 33.1. The van der Waals surface area contributed by atoms with E-state index in [0.717, 1.165) is 21.6 Å². The molecule has 1 aliphatic rings. The molecule has 286 valence electrons. The zero-order chi connectivity index (χ0) is 39.1. The standard InChI is InChI=1S/C33H42N8O10S2/c34-20-15-52-53-16-25(33(50)51)41-32(49)24(14-27(36)44)40-29(46)21(10-11-26(35)43)37-30(47)23(12-17-4-2-1-3-5-17)39-31(48)22(38-28(20)45)13-18-6-8-19(42)9-7-18/h1-9,20-25,42H,10-16,34H2,(H2,35,43)(H2,36,44)(H,37,47)(H,38,45)(H,39,48)(H,40,46)(H,41,49)(H,50,51)/t20-,21-,22-,23?,24-,25-/m0/s1. The van der Waals surface area contributed by atoms with Crippen LogP contribution in [0.1, 0.15) is 30.4 Å². The van der Waals surface area contributed by atoms with Gasteiger partial charge in [-0.1, -0.05) is 64.1 Å². The van der Waals surface area contributed by atoms with Crippen LogP contribution in [0.25, 0.3) is 0 Å². The Kier molecular flexibility index (Phi) is 16.4. The number of carbonyl (C=O) groups is 8. The van der Waals surface area contributed by atoms with Crippen LogP contribution in [0.4, 0.5) is 0 Å². The van der Waals surface area contributed by atoms with E-state index in [1.165, 1.54) is 24.3 Å². The van der Waals surface area contributed by atoms with Crippen molar-refractivity contribution in [2.75, 3.05) is 11.5 Å². The summed E-state index contributed by atoms with van der Waals surface area (Å²) in [6, 6.07) is 5.78. The van der Waals surface area contributed by atoms with Crippen molar-refractivity contribution in [1.29, 1.82) is 0 Å². The van der Waals surface area contributed by atoms with Crippen molar-refractivity contribution in [2.24, 2.45) is 17.2 Å². The van der Waals surface area contributed by atoms with Gasteiger partial charge in [-0.15, -0.1) is 0 Å². The van der Waals surface area contributed by atoms with Crippen LogP contribution in [0.2, 0.25) is 0 Å². The van der Waals surface area contributed by atoms with Crippen LogP contribution in [-0.4, -0.2) is 105 Å². The average molecular weight is 775 g/mol. The molecule has 2 aromatic rings. The van der Waals surface area contributed by atoms with Crippen LogP contribution in [0, 0.1) is 0 Å². The normalized spacial score (nSPS) is 24.0. The number of carboxylic acid groups (broad SMARTS) is 1. The Morgan fingerprint density at radius 3 is 1.70 bits per heavy atom. The van der Waals surface area contributed by atoms with Gasteiger partial charge in [-0.25, -0.2) is 4.79 Å². The number of benzene rings is 2. The quantitative estimate of drug-likeness (QED) is 0.112. The Balaban J connectivity index is 2.05. The predicted octanol–water partition coefficient (Wildman–Crippen LogP) is -2.45. The molecule has 0 saturated carbocycles. The molecule has 6 atom stereocenters. The van der Waals surface area contributed by atoms with Crippen LogP contribution in [0.3, 0.4) is 0 Å². The van der Waals surface area contributed by atoms with E-state index in [1.807, 2.05) is 0 Å². The van der Waals surface area contributed by atoms with Gasteiger partial charge in [0.05, 0.1) is 12.5 Å². The molecular weight excluding hydrogens is 733 g/mol. The first-order chi connectivity index (χ1) is 25.1. The topological polar surface area (TPSA) is 315 Å². The SMILES string of the molecule is NC(=O)CC[C@@H]1NC(=O)C(Cc2ccccc2)NC(=O)[C@H](Cc2ccc(O)cc2)NC(=O)[C@@H](N)CSSC[C@@H](C(=O)O)NC(=O)[C@H](CC(N)=O)NC1=O. The van der Waals surface area contributed by atoms with Crippen molar-refractivity contribution in [3.8, 4) is 5.75 Å². The zero-order valence-electron chi connectivity index (χ0n) is 28.3. The number of carbonyl (C=O) groups excluding carboxylic acids is 7. The minimum atomic E-state index is -1.68. The molecule has 53 heavy (non-hydrogen) atoms. The first-order valence-corrected chi connectivity index (χ1v) is 18.7. The minimum Gasteiger partial charge on any atom is -0.508 e. The summed E-state index contributed by atoms with van der Waals surface area (Å²) in [5, 5.41) is 31.8. The van der Waals surface area contributed by atoms with Gasteiger partial charge in [-0.05, 0) is 29.7 Å². The van der Waals surface area contributed by atoms with Crippen molar-refractivity contribution >= 4 is 68.9 Å². The molecule has 1 saturated heterocycles. The van der Waals surface area contributed by atoms with Crippen molar-refractivity contribution in [3.05, 3.63) is 65.7 Å². The van der Waals surface area contributed by atoms with Crippen molar-refractivity contribution < 1.29 is 48.6 Å². The third kappa shape index (κ3) is 14.3. The fraction of sp³-hybridized carbons (Fsp3) is 0.394. The van der Waals surface area contributed by atoms with Gasteiger partial charge in [-0.3, -0.25) is 33.6 Å².